The number of aromatic nitrogens is 3. The maximum Gasteiger partial charge on any atom is 0.321 e. The highest BCUT2D eigenvalue weighted by atomic mass is 19.1. The van der Waals surface area contributed by atoms with Gasteiger partial charge in [-0.15, -0.1) is 0 Å². The van der Waals surface area contributed by atoms with Crippen LogP contribution in [0.5, 0.6) is 6.01 Å². The number of nitrogens with zero attached hydrogens (tertiary/aromatic N) is 3. The Morgan fingerprint density at radius 3 is 2.43 bits per heavy atom. The predicted molar refractivity (Wildman–Crippen MR) is 75.1 cm³/mol. The first-order chi connectivity index (χ1) is 10.2. The van der Waals surface area contributed by atoms with E-state index >= 15 is 0 Å². The first-order valence-electron chi connectivity index (χ1n) is 6.72. The molecule has 0 saturated heterocycles. The Bertz CT molecular complexity index is 602. The van der Waals surface area contributed by atoms with Gasteiger partial charge in [0.15, 0.2) is 5.82 Å². The molecule has 0 unspecified atom stereocenters. The highest BCUT2D eigenvalue weighted by Gasteiger charge is 2.17. The van der Waals surface area contributed by atoms with E-state index in [4.69, 9.17) is 4.74 Å². The van der Waals surface area contributed by atoms with Crippen molar-refractivity contribution in [2.45, 2.75) is 20.3 Å². The molecule has 0 fully saturated rings. The number of benzene rings is 1. The van der Waals surface area contributed by atoms with Crippen molar-refractivity contribution in [3.8, 4) is 17.4 Å². The van der Waals surface area contributed by atoms with Crippen LogP contribution in [0.4, 0.5) is 14.7 Å². The van der Waals surface area contributed by atoms with E-state index in [1.54, 1.807) is 0 Å². The summed E-state index contributed by atoms with van der Waals surface area (Å²) in [6.07, 6.45) is 0.769. The molecule has 0 atom stereocenters. The molecule has 0 aliphatic rings. The third-order valence-electron chi connectivity index (χ3n) is 2.57. The second kappa shape index (κ2) is 6.92. The molecule has 1 N–H and O–H groups in total. The standard InChI is InChI=1S/C14H16F2N4O/c1-3-8-21-14-19-12(18-13(20-14)17-4-2)11-9(15)6-5-7-10(11)16/h5-7H,3-4,8H2,1-2H3,(H,17,18,19,20). The van der Waals surface area contributed by atoms with Crippen LogP contribution < -0.4 is 10.1 Å². The van der Waals surface area contributed by atoms with Gasteiger partial charge in [-0.1, -0.05) is 13.0 Å². The lowest BCUT2D eigenvalue weighted by molar-refractivity contribution is 0.292. The minimum Gasteiger partial charge on any atom is -0.463 e. The summed E-state index contributed by atoms with van der Waals surface area (Å²) in [6.45, 7) is 4.77. The Morgan fingerprint density at radius 1 is 1.10 bits per heavy atom. The summed E-state index contributed by atoms with van der Waals surface area (Å²) in [5.74, 6) is -1.34. The van der Waals surface area contributed by atoms with E-state index in [9.17, 15) is 8.78 Å². The van der Waals surface area contributed by atoms with E-state index in [1.165, 1.54) is 6.07 Å². The second-order valence-electron chi connectivity index (χ2n) is 4.24. The van der Waals surface area contributed by atoms with E-state index < -0.39 is 11.6 Å². The molecular weight excluding hydrogens is 278 g/mol. The van der Waals surface area contributed by atoms with Gasteiger partial charge in [0.25, 0.3) is 0 Å². The van der Waals surface area contributed by atoms with Crippen LogP contribution >= 0.6 is 0 Å². The molecule has 2 rings (SSSR count). The summed E-state index contributed by atoms with van der Waals surface area (Å²) in [5, 5.41) is 2.89. The zero-order valence-corrected chi connectivity index (χ0v) is 11.9. The van der Waals surface area contributed by atoms with Crippen molar-refractivity contribution in [2.75, 3.05) is 18.5 Å². The maximum atomic E-state index is 13.8. The molecule has 112 valence electrons. The van der Waals surface area contributed by atoms with E-state index in [0.717, 1.165) is 18.6 Å². The third kappa shape index (κ3) is 3.62. The van der Waals surface area contributed by atoms with Crippen LogP contribution in [0, 0.1) is 11.6 Å². The minimum absolute atomic E-state index is 0.0421. The number of hydrogen-bond donors (Lipinski definition) is 1. The van der Waals surface area contributed by atoms with E-state index in [-0.39, 0.29) is 23.3 Å². The lowest BCUT2D eigenvalue weighted by Gasteiger charge is -2.09. The highest BCUT2D eigenvalue weighted by molar-refractivity contribution is 5.58. The monoisotopic (exact) mass is 294 g/mol. The SMILES string of the molecule is CCCOc1nc(NCC)nc(-c2c(F)cccc2F)n1. The molecule has 1 heterocycles. The lowest BCUT2D eigenvalue weighted by atomic mass is 10.2. The molecule has 0 bridgehead atoms. The van der Waals surface area contributed by atoms with Crippen LogP contribution in [0.15, 0.2) is 18.2 Å². The van der Waals surface area contributed by atoms with Crippen molar-refractivity contribution in [1.82, 2.24) is 15.0 Å². The predicted octanol–water partition coefficient (Wildman–Crippen LogP) is 3.04. The summed E-state index contributed by atoms with van der Waals surface area (Å²) in [5.41, 5.74) is -0.291. The van der Waals surface area contributed by atoms with Crippen LogP contribution in [0.25, 0.3) is 11.4 Å². The first-order valence-corrected chi connectivity index (χ1v) is 6.72. The van der Waals surface area contributed by atoms with Crippen LogP contribution in [-0.4, -0.2) is 28.1 Å². The van der Waals surface area contributed by atoms with Crippen molar-refractivity contribution in [2.24, 2.45) is 0 Å². The molecule has 1 aromatic carbocycles. The summed E-state index contributed by atoms with van der Waals surface area (Å²) >= 11 is 0. The smallest absolute Gasteiger partial charge is 0.321 e. The lowest BCUT2D eigenvalue weighted by Crippen LogP contribution is -2.09. The molecule has 0 radical (unpaired) electrons. The Labute approximate surface area is 121 Å². The van der Waals surface area contributed by atoms with Crippen molar-refractivity contribution >= 4 is 5.95 Å². The molecule has 0 saturated carbocycles. The van der Waals surface area contributed by atoms with Gasteiger partial charge in [0.05, 0.1) is 12.2 Å². The zero-order chi connectivity index (χ0) is 15.2. The molecule has 0 aliphatic carbocycles. The van der Waals surface area contributed by atoms with Gasteiger partial charge in [0.1, 0.15) is 11.6 Å². The Kier molecular flexibility index (Phi) is 4.97. The highest BCUT2D eigenvalue weighted by Crippen LogP contribution is 2.24. The molecule has 21 heavy (non-hydrogen) atoms. The molecule has 0 amide bonds. The van der Waals surface area contributed by atoms with Gasteiger partial charge in [-0.25, -0.2) is 8.78 Å². The fourth-order valence-electron chi connectivity index (χ4n) is 1.67. The molecule has 5 nitrogen and oxygen atoms in total. The Morgan fingerprint density at radius 2 is 1.81 bits per heavy atom. The summed E-state index contributed by atoms with van der Waals surface area (Å²) < 4.78 is 33.0. The largest absolute Gasteiger partial charge is 0.463 e. The van der Waals surface area contributed by atoms with Gasteiger partial charge in [-0.2, -0.15) is 15.0 Å². The van der Waals surface area contributed by atoms with Crippen LogP contribution in [0.3, 0.4) is 0 Å². The average Bonchev–Trinajstić information content (AvgIpc) is 2.45. The maximum absolute atomic E-state index is 13.8. The number of nitrogens with one attached hydrogen (secondary N) is 1. The fraction of sp³-hybridized carbons (Fsp3) is 0.357. The van der Waals surface area contributed by atoms with Crippen molar-refractivity contribution in [3.63, 3.8) is 0 Å². The van der Waals surface area contributed by atoms with Crippen LogP contribution in [-0.2, 0) is 0 Å². The molecule has 7 heteroatoms. The quantitative estimate of drug-likeness (QED) is 0.887. The van der Waals surface area contributed by atoms with Gasteiger partial charge >= 0.3 is 6.01 Å². The fourth-order valence-corrected chi connectivity index (χ4v) is 1.67. The Balaban J connectivity index is 2.48. The number of halogens is 2. The van der Waals surface area contributed by atoms with E-state index in [0.29, 0.717) is 13.2 Å². The van der Waals surface area contributed by atoms with Gasteiger partial charge < -0.3 is 10.1 Å². The second-order valence-corrected chi connectivity index (χ2v) is 4.24. The number of anilines is 1. The zero-order valence-electron chi connectivity index (χ0n) is 11.9. The first kappa shape index (κ1) is 15.1. The van der Waals surface area contributed by atoms with Gasteiger partial charge in [-0.3, -0.25) is 0 Å². The topological polar surface area (TPSA) is 59.9 Å². The normalized spacial score (nSPS) is 10.5. The number of ether oxygens (including phenoxy) is 1. The van der Waals surface area contributed by atoms with Crippen molar-refractivity contribution in [3.05, 3.63) is 29.8 Å². The van der Waals surface area contributed by atoms with Gasteiger partial charge in [0.2, 0.25) is 5.95 Å². The number of hydrogen-bond acceptors (Lipinski definition) is 5. The Hall–Kier alpha value is -2.31. The third-order valence-corrected chi connectivity index (χ3v) is 2.57. The minimum atomic E-state index is -0.731. The van der Waals surface area contributed by atoms with Crippen LogP contribution in [0.1, 0.15) is 20.3 Å². The molecule has 0 spiro atoms. The van der Waals surface area contributed by atoms with Crippen molar-refractivity contribution in [1.29, 1.82) is 0 Å². The van der Waals surface area contributed by atoms with Gasteiger partial charge in [-0.05, 0) is 25.5 Å². The molecule has 0 aliphatic heterocycles. The molecule has 1 aromatic heterocycles. The summed E-state index contributed by atoms with van der Waals surface area (Å²) in [6, 6.07) is 3.64. The molecular formula is C14H16F2N4O. The van der Waals surface area contributed by atoms with E-state index in [2.05, 4.69) is 20.3 Å². The summed E-state index contributed by atoms with van der Waals surface area (Å²) in [7, 11) is 0. The molecule has 2 aromatic rings. The van der Waals surface area contributed by atoms with Gasteiger partial charge in [0, 0.05) is 6.54 Å². The van der Waals surface area contributed by atoms with Crippen LogP contribution in [0.2, 0.25) is 0 Å². The average molecular weight is 294 g/mol. The number of rotatable bonds is 6. The van der Waals surface area contributed by atoms with E-state index in [1.807, 2.05) is 13.8 Å². The summed E-state index contributed by atoms with van der Waals surface area (Å²) in [4.78, 5) is 12.1. The van der Waals surface area contributed by atoms with Crippen molar-refractivity contribution < 1.29 is 13.5 Å².